The van der Waals surface area contributed by atoms with Crippen LogP contribution in [0.1, 0.15) is 39.5 Å². The number of hydrogen-bond acceptors (Lipinski definition) is 2. The van der Waals surface area contributed by atoms with E-state index in [9.17, 15) is 9.59 Å². The fraction of sp³-hybridized carbons (Fsp3) is 0.833. The van der Waals surface area contributed by atoms with E-state index in [1.165, 1.54) is 0 Å². The molecule has 1 atom stereocenters. The lowest BCUT2D eigenvalue weighted by molar-refractivity contribution is -0.153. The molecular formula is C12H22N2O3. The first kappa shape index (κ1) is 13.8. The second kappa shape index (κ2) is 5.89. The van der Waals surface area contributed by atoms with Crippen molar-refractivity contribution in [2.24, 2.45) is 11.3 Å². The number of carboxylic acid groups (broad SMARTS) is 1. The summed E-state index contributed by atoms with van der Waals surface area (Å²) in [5.74, 6) is -0.358. The van der Waals surface area contributed by atoms with Crippen LogP contribution in [0.2, 0.25) is 0 Å². The van der Waals surface area contributed by atoms with E-state index in [4.69, 9.17) is 5.11 Å². The highest BCUT2D eigenvalue weighted by Gasteiger charge is 2.44. The summed E-state index contributed by atoms with van der Waals surface area (Å²) in [6.07, 6.45) is 3.27. The van der Waals surface area contributed by atoms with Crippen LogP contribution in [-0.4, -0.2) is 30.2 Å². The summed E-state index contributed by atoms with van der Waals surface area (Å²) in [5, 5.41) is 14.5. The minimum absolute atomic E-state index is 0.231. The maximum absolute atomic E-state index is 11.5. The maximum atomic E-state index is 11.5. The molecule has 0 aromatic carbocycles. The molecule has 1 fully saturated rings. The molecule has 5 nitrogen and oxygen atoms in total. The van der Waals surface area contributed by atoms with E-state index in [2.05, 4.69) is 24.5 Å². The SMILES string of the molecule is CCC(C)CNC(=O)NCC1(C(=O)O)CCC1. The van der Waals surface area contributed by atoms with Crippen LogP contribution in [-0.2, 0) is 4.79 Å². The van der Waals surface area contributed by atoms with E-state index in [0.717, 1.165) is 12.8 Å². The monoisotopic (exact) mass is 242 g/mol. The lowest BCUT2D eigenvalue weighted by atomic mass is 9.69. The van der Waals surface area contributed by atoms with Crippen molar-refractivity contribution < 1.29 is 14.7 Å². The molecule has 1 aliphatic carbocycles. The third-order valence-electron chi connectivity index (χ3n) is 3.66. The van der Waals surface area contributed by atoms with Crippen molar-refractivity contribution in [2.75, 3.05) is 13.1 Å². The zero-order valence-electron chi connectivity index (χ0n) is 10.6. The number of urea groups is 1. The highest BCUT2D eigenvalue weighted by atomic mass is 16.4. The summed E-state index contributed by atoms with van der Waals surface area (Å²) >= 11 is 0. The van der Waals surface area contributed by atoms with Crippen LogP contribution < -0.4 is 10.6 Å². The number of hydrogen-bond donors (Lipinski definition) is 3. The predicted molar refractivity (Wildman–Crippen MR) is 64.8 cm³/mol. The Balaban J connectivity index is 2.25. The van der Waals surface area contributed by atoms with Crippen molar-refractivity contribution in [2.45, 2.75) is 39.5 Å². The number of carbonyl (C=O) groups excluding carboxylic acids is 1. The zero-order valence-corrected chi connectivity index (χ0v) is 10.6. The molecule has 1 saturated carbocycles. The zero-order chi connectivity index (χ0) is 12.9. The largest absolute Gasteiger partial charge is 0.481 e. The van der Waals surface area contributed by atoms with E-state index < -0.39 is 11.4 Å². The van der Waals surface area contributed by atoms with Gasteiger partial charge in [0.2, 0.25) is 0 Å². The van der Waals surface area contributed by atoms with Gasteiger partial charge in [0.1, 0.15) is 0 Å². The van der Waals surface area contributed by atoms with Gasteiger partial charge in [-0.25, -0.2) is 4.79 Å². The number of amides is 2. The summed E-state index contributed by atoms with van der Waals surface area (Å²) in [7, 11) is 0. The second-order valence-electron chi connectivity index (χ2n) is 5.02. The van der Waals surface area contributed by atoms with Crippen LogP contribution >= 0.6 is 0 Å². The Morgan fingerprint density at radius 3 is 2.41 bits per heavy atom. The van der Waals surface area contributed by atoms with Gasteiger partial charge in [-0.1, -0.05) is 26.7 Å². The Kier molecular flexibility index (Phi) is 4.78. The van der Waals surface area contributed by atoms with Crippen molar-refractivity contribution in [1.82, 2.24) is 10.6 Å². The molecule has 98 valence electrons. The number of nitrogens with one attached hydrogen (secondary N) is 2. The number of carbonyl (C=O) groups is 2. The Bertz CT molecular complexity index is 287. The fourth-order valence-corrected chi connectivity index (χ4v) is 1.79. The lowest BCUT2D eigenvalue weighted by Gasteiger charge is -2.37. The molecule has 5 heteroatoms. The minimum Gasteiger partial charge on any atom is -0.481 e. The Hall–Kier alpha value is -1.26. The molecule has 1 rings (SSSR count). The molecule has 0 aliphatic heterocycles. The normalized spacial score (nSPS) is 18.9. The summed E-state index contributed by atoms with van der Waals surface area (Å²) < 4.78 is 0. The van der Waals surface area contributed by atoms with Crippen LogP contribution in [0, 0.1) is 11.3 Å². The third kappa shape index (κ3) is 3.61. The van der Waals surface area contributed by atoms with Crippen LogP contribution in [0.25, 0.3) is 0 Å². The minimum atomic E-state index is -0.800. The first-order valence-electron chi connectivity index (χ1n) is 6.25. The van der Waals surface area contributed by atoms with Crippen LogP contribution in [0.3, 0.4) is 0 Å². The van der Waals surface area contributed by atoms with Crippen molar-refractivity contribution in [3.8, 4) is 0 Å². The van der Waals surface area contributed by atoms with Crippen LogP contribution in [0.5, 0.6) is 0 Å². The molecule has 1 unspecified atom stereocenters. The first-order chi connectivity index (χ1) is 8.00. The van der Waals surface area contributed by atoms with Crippen LogP contribution in [0.15, 0.2) is 0 Å². The third-order valence-corrected chi connectivity index (χ3v) is 3.66. The lowest BCUT2D eigenvalue weighted by Crippen LogP contribution is -2.50. The van der Waals surface area contributed by atoms with Gasteiger partial charge in [0.05, 0.1) is 5.41 Å². The van der Waals surface area contributed by atoms with Gasteiger partial charge in [-0.15, -0.1) is 0 Å². The average Bonchev–Trinajstić information content (AvgIpc) is 2.23. The Morgan fingerprint density at radius 2 is 2.00 bits per heavy atom. The van der Waals surface area contributed by atoms with Gasteiger partial charge in [-0.05, 0) is 18.8 Å². The summed E-state index contributed by atoms with van der Waals surface area (Å²) in [4.78, 5) is 22.5. The van der Waals surface area contributed by atoms with Gasteiger partial charge in [-0.3, -0.25) is 4.79 Å². The van der Waals surface area contributed by atoms with E-state index in [1.54, 1.807) is 0 Å². The van der Waals surface area contributed by atoms with E-state index in [1.807, 2.05) is 0 Å². The molecule has 1 aliphatic rings. The van der Waals surface area contributed by atoms with Gasteiger partial charge in [-0.2, -0.15) is 0 Å². The van der Waals surface area contributed by atoms with Crippen molar-refractivity contribution in [1.29, 1.82) is 0 Å². The standard InChI is InChI=1S/C12H22N2O3/c1-3-9(2)7-13-11(17)14-8-12(10(15)16)5-4-6-12/h9H,3-8H2,1-2H3,(H,15,16)(H2,13,14,17). The van der Waals surface area contributed by atoms with Gasteiger partial charge < -0.3 is 15.7 Å². The molecule has 0 bridgehead atoms. The molecule has 0 saturated heterocycles. The van der Waals surface area contributed by atoms with Crippen LogP contribution in [0.4, 0.5) is 4.79 Å². The molecule has 17 heavy (non-hydrogen) atoms. The number of aliphatic carboxylic acids is 1. The first-order valence-corrected chi connectivity index (χ1v) is 6.25. The molecule has 0 aromatic rings. The average molecular weight is 242 g/mol. The summed E-state index contributed by atoms with van der Waals surface area (Å²) in [6.45, 7) is 4.99. The topological polar surface area (TPSA) is 78.4 Å². The summed E-state index contributed by atoms with van der Waals surface area (Å²) in [5.41, 5.74) is -0.715. The maximum Gasteiger partial charge on any atom is 0.314 e. The Morgan fingerprint density at radius 1 is 1.35 bits per heavy atom. The van der Waals surface area contributed by atoms with Gasteiger partial charge >= 0.3 is 12.0 Å². The van der Waals surface area contributed by atoms with Gasteiger partial charge in [0, 0.05) is 13.1 Å². The molecule has 0 heterocycles. The predicted octanol–water partition coefficient (Wildman–Crippen LogP) is 1.59. The second-order valence-corrected chi connectivity index (χ2v) is 5.02. The van der Waals surface area contributed by atoms with Crippen molar-refractivity contribution in [3.05, 3.63) is 0 Å². The van der Waals surface area contributed by atoms with Crippen molar-refractivity contribution >= 4 is 12.0 Å². The molecule has 0 aromatic heterocycles. The van der Waals surface area contributed by atoms with E-state index in [-0.39, 0.29) is 12.6 Å². The smallest absolute Gasteiger partial charge is 0.314 e. The molecule has 3 N–H and O–H groups in total. The quantitative estimate of drug-likeness (QED) is 0.661. The molecule has 0 radical (unpaired) electrons. The molecular weight excluding hydrogens is 220 g/mol. The van der Waals surface area contributed by atoms with Crippen molar-refractivity contribution in [3.63, 3.8) is 0 Å². The fourth-order valence-electron chi connectivity index (χ4n) is 1.79. The molecule has 0 spiro atoms. The highest BCUT2D eigenvalue weighted by molar-refractivity contribution is 5.78. The molecule has 2 amide bonds. The van der Waals surface area contributed by atoms with Gasteiger partial charge in [0.15, 0.2) is 0 Å². The summed E-state index contributed by atoms with van der Waals surface area (Å²) in [6, 6.07) is -0.266. The highest BCUT2D eigenvalue weighted by Crippen LogP contribution is 2.40. The number of carboxylic acids is 1. The van der Waals surface area contributed by atoms with E-state index >= 15 is 0 Å². The van der Waals surface area contributed by atoms with Gasteiger partial charge in [0.25, 0.3) is 0 Å². The Labute approximate surface area is 102 Å². The van der Waals surface area contributed by atoms with E-state index in [0.29, 0.717) is 25.3 Å². The number of rotatable bonds is 6.